The van der Waals surface area contributed by atoms with Crippen LogP contribution in [0.3, 0.4) is 0 Å². The van der Waals surface area contributed by atoms with E-state index in [0.717, 1.165) is 5.39 Å². The molecule has 2 N–H and O–H groups in total. The largest absolute Gasteiger partial charge is 0.504 e. The number of phenolic OH excluding ortho intramolecular Hbond substituents is 1. The molecule has 1 unspecified atom stereocenters. The molecular formula is C24H23NO7. The molecule has 3 aromatic rings. The molecule has 8 nitrogen and oxygen atoms in total. The highest BCUT2D eigenvalue weighted by atomic mass is 16.5. The van der Waals surface area contributed by atoms with Gasteiger partial charge in [-0.25, -0.2) is 0 Å². The van der Waals surface area contributed by atoms with Crippen LogP contribution in [-0.4, -0.2) is 53.7 Å². The average molecular weight is 437 g/mol. The van der Waals surface area contributed by atoms with Gasteiger partial charge in [0.2, 0.25) is 5.78 Å². The number of rotatable bonds is 8. The van der Waals surface area contributed by atoms with Gasteiger partial charge in [-0.2, -0.15) is 0 Å². The normalized spacial score (nSPS) is 16.2. The molecule has 166 valence electrons. The summed E-state index contributed by atoms with van der Waals surface area (Å²) < 4.78 is 16.3. The van der Waals surface area contributed by atoms with E-state index in [1.165, 1.54) is 18.1 Å². The molecule has 0 aliphatic carbocycles. The third kappa shape index (κ3) is 3.69. The molecule has 1 amide bonds. The molecule has 1 aromatic heterocycles. The molecule has 0 saturated heterocycles. The quantitative estimate of drug-likeness (QED) is 0.516. The number of fused-ring (bicyclic) bond motifs is 1. The first-order chi connectivity index (χ1) is 15.5. The zero-order chi connectivity index (χ0) is 22.8. The maximum absolute atomic E-state index is 13.5. The number of aliphatic hydroxyl groups excluding tert-OH is 1. The number of carbonyl (C=O) groups is 2. The van der Waals surface area contributed by atoms with Gasteiger partial charge >= 0.3 is 0 Å². The number of hydrogen-bond acceptors (Lipinski definition) is 7. The molecule has 1 atom stereocenters. The van der Waals surface area contributed by atoms with Gasteiger partial charge in [0.25, 0.3) is 5.91 Å². The van der Waals surface area contributed by atoms with E-state index in [-0.39, 0.29) is 36.0 Å². The Balaban J connectivity index is 1.81. The van der Waals surface area contributed by atoms with Crippen LogP contribution in [-0.2, 0) is 9.53 Å². The van der Waals surface area contributed by atoms with E-state index >= 15 is 0 Å². The summed E-state index contributed by atoms with van der Waals surface area (Å²) >= 11 is 0. The monoisotopic (exact) mass is 437 g/mol. The Labute approximate surface area is 184 Å². The van der Waals surface area contributed by atoms with Gasteiger partial charge < -0.3 is 29.0 Å². The Bertz CT molecular complexity index is 1180. The standard InChI is InChI=1S/C24H23NO7/c1-3-31-18-13-15(8-9-16(18)26)21-20(23(28)24(29)25(21)10-11-30-2)22(27)19-12-14-6-4-5-7-17(14)32-19/h4-9,12-13,21,26,28H,3,10-11H2,1-2H3. The Morgan fingerprint density at radius 2 is 1.94 bits per heavy atom. The maximum atomic E-state index is 13.5. The molecule has 0 radical (unpaired) electrons. The lowest BCUT2D eigenvalue weighted by molar-refractivity contribution is -0.130. The summed E-state index contributed by atoms with van der Waals surface area (Å²) in [5, 5.41) is 21.5. The molecule has 2 aromatic carbocycles. The van der Waals surface area contributed by atoms with Gasteiger partial charge in [-0.3, -0.25) is 9.59 Å². The van der Waals surface area contributed by atoms with Crippen molar-refractivity contribution < 1.29 is 33.7 Å². The van der Waals surface area contributed by atoms with Gasteiger partial charge in [0.15, 0.2) is 23.0 Å². The van der Waals surface area contributed by atoms with Crippen LogP contribution in [0.2, 0.25) is 0 Å². The number of ether oxygens (including phenoxy) is 2. The van der Waals surface area contributed by atoms with E-state index in [2.05, 4.69) is 0 Å². The van der Waals surface area contributed by atoms with Crippen LogP contribution in [0.4, 0.5) is 0 Å². The van der Waals surface area contributed by atoms with Crippen molar-refractivity contribution in [2.45, 2.75) is 13.0 Å². The second-order valence-corrected chi connectivity index (χ2v) is 7.29. The predicted molar refractivity (Wildman–Crippen MR) is 116 cm³/mol. The van der Waals surface area contributed by atoms with Gasteiger partial charge in [0.1, 0.15) is 5.58 Å². The van der Waals surface area contributed by atoms with Crippen LogP contribution < -0.4 is 4.74 Å². The van der Waals surface area contributed by atoms with Gasteiger partial charge in [-0.15, -0.1) is 0 Å². The number of carbonyl (C=O) groups excluding carboxylic acids is 2. The van der Waals surface area contributed by atoms with E-state index < -0.39 is 23.5 Å². The summed E-state index contributed by atoms with van der Waals surface area (Å²) in [6.45, 7) is 2.45. The van der Waals surface area contributed by atoms with E-state index in [1.54, 1.807) is 43.3 Å². The van der Waals surface area contributed by atoms with E-state index in [9.17, 15) is 19.8 Å². The number of ketones is 1. The summed E-state index contributed by atoms with van der Waals surface area (Å²) in [6, 6.07) is 12.4. The number of Topliss-reactive ketones (excluding diaryl/α,β-unsaturated/α-hetero) is 1. The van der Waals surface area contributed by atoms with Crippen LogP contribution in [0.5, 0.6) is 11.5 Å². The van der Waals surface area contributed by atoms with Crippen LogP contribution >= 0.6 is 0 Å². The summed E-state index contributed by atoms with van der Waals surface area (Å²) in [6.07, 6.45) is 0. The van der Waals surface area contributed by atoms with Crippen LogP contribution in [0.15, 0.2) is 64.3 Å². The maximum Gasteiger partial charge on any atom is 0.290 e. The Hall–Kier alpha value is -3.78. The number of benzene rings is 2. The number of para-hydroxylation sites is 1. The highest BCUT2D eigenvalue weighted by Gasteiger charge is 2.44. The average Bonchev–Trinajstić information content (AvgIpc) is 3.33. The van der Waals surface area contributed by atoms with Crippen molar-refractivity contribution in [3.8, 4) is 11.5 Å². The lowest BCUT2D eigenvalue weighted by Crippen LogP contribution is -2.34. The number of nitrogens with zero attached hydrogens (tertiary/aromatic N) is 1. The van der Waals surface area contributed by atoms with E-state index in [0.29, 0.717) is 17.8 Å². The van der Waals surface area contributed by atoms with E-state index in [4.69, 9.17) is 13.9 Å². The first kappa shape index (κ1) is 21.5. The minimum Gasteiger partial charge on any atom is -0.504 e. The van der Waals surface area contributed by atoms with Gasteiger partial charge in [0, 0.05) is 19.0 Å². The zero-order valence-corrected chi connectivity index (χ0v) is 17.7. The van der Waals surface area contributed by atoms with Crippen molar-refractivity contribution in [2.24, 2.45) is 0 Å². The number of furan rings is 1. The highest BCUT2D eigenvalue weighted by molar-refractivity contribution is 6.16. The second-order valence-electron chi connectivity index (χ2n) is 7.29. The fourth-order valence-corrected chi connectivity index (χ4v) is 3.85. The number of hydrogen-bond donors (Lipinski definition) is 2. The van der Waals surface area contributed by atoms with Crippen molar-refractivity contribution in [1.29, 1.82) is 0 Å². The topological polar surface area (TPSA) is 109 Å². The van der Waals surface area contributed by atoms with Crippen LogP contribution in [0, 0.1) is 0 Å². The van der Waals surface area contributed by atoms with Gasteiger partial charge in [-0.1, -0.05) is 24.3 Å². The molecule has 0 bridgehead atoms. The predicted octanol–water partition coefficient (Wildman–Crippen LogP) is 3.76. The minimum atomic E-state index is -0.904. The highest BCUT2D eigenvalue weighted by Crippen LogP contribution is 2.41. The van der Waals surface area contributed by atoms with Crippen molar-refractivity contribution in [3.05, 3.63) is 71.2 Å². The van der Waals surface area contributed by atoms with Crippen LogP contribution in [0.1, 0.15) is 29.1 Å². The second kappa shape index (κ2) is 8.76. The third-order valence-electron chi connectivity index (χ3n) is 5.33. The SMILES string of the molecule is CCOc1cc(C2C(C(=O)c3cc4ccccc4o3)=C(O)C(=O)N2CCOC)ccc1O. The Kier molecular flexibility index (Phi) is 5.87. The van der Waals surface area contributed by atoms with Crippen molar-refractivity contribution >= 4 is 22.7 Å². The molecule has 0 saturated carbocycles. The molecule has 2 heterocycles. The molecule has 8 heteroatoms. The number of methoxy groups -OCH3 is 1. The fraction of sp³-hybridized carbons (Fsp3) is 0.250. The molecule has 1 aliphatic rings. The Morgan fingerprint density at radius 3 is 2.66 bits per heavy atom. The summed E-state index contributed by atoms with van der Waals surface area (Å²) in [4.78, 5) is 27.7. The van der Waals surface area contributed by atoms with Crippen molar-refractivity contribution in [2.75, 3.05) is 26.9 Å². The van der Waals surface area contributed by atoms with Crippen molar-refractivity contribution in [1.82, 2.24) is 4.90 Å². The number of aliphatic hydroxyl groups is 1. The molecular weight excluding hydrogens is 414 g/mol. The first-order valence-corrected chi connectivity index (χ1v) is 10.2. The van der Waals surface area contributed by atoms with Crippen LogP contribution in [0.25, 0.3) is 11.0 Å². The lowest BCUT2D eigenvalue weighted by Gasteiger charge is -2.26. The molecule has 1 aliphatic heterocycles. The zero-order valence-electron chi connectivity index (χ0n) is 17.7. The Morgan fingerprint density at radius 1 is 1.16 bits per heavy atom. The number of phenols is 1. The third-order valence-corrected chi connectivity index (χ3v) is 5.33. The molecule has 4 rings (SSSR count). The number of aromatic hydroxyl groups is 1. The lowest BCUT2D eigenvalue weighted by atomic mass is 9.94. The summed E-state index contributed by atoms with van der Waals surface area (Å²) in [7, 11) is 1.50. The van der Waals surface area contributed by atoms with Crippen molar-refractivity contribution in [3.63, 3.8) is 0 Å². The first-order valence-electron chi connectivity index (χ1n) is 10.2. The molecule has 32 heavy (non-hydrogen) atoms. The smallest absolute Gasteiger partial charge is 0.290 e. The summed E-state index contributed by atoms with van der Waals surface area (Å²) in [5.41, 5.74) is 0.925. The van der Waals surface area contributed by atoms with E-state index in [1.807, 2.05) is 6.07 Å². The van der Waals surface area contributed by atoms with Gasteiger partial charge in [0.05, 0.1) is 24.8 Å². The molecule has 0 spiro atoms. The molecule has 0 fully saturated rings. The number of amides is 1. The van der Waals surface area contributed by atoms with Gasteiger partial charge in [-0.05, 0) is 36.8 Å². The fourth-order valence-electron chi connectivity index (χ4n) is 3.85. The minimum absolute atomic E-state index is 0.0166. The summed E-state index contributed by atoms with van der Waals surface area (Å²) in [5.74, 6) is -1.75.